The number of aliphatic carboxylic acids is 1. The highest BCUT2D eigenvalue weighted by atomic mass is 19.4. The Bertz CT molecular complexity index is 911. The summed E-state index contributed by atoms with van der Waals surface area (Å²) in [6, 6.07) is 5.68. The molecule has 1 N–H and O–H groups in total. The third-order valence-corrected chi connectivity index (χ3v) is 4.72. The predicted octanol–water partition coefficient (Wildman–Crippen LogP) is 2.88. The molecule has 1 saturated carbocycles. The Morgan fingerprint density at radius 2 is 2.00 bits per heavy atom. The molecule has 2 aliphatic rings. The number of carboxylic acid groups (broad SMARTS) is 1. The topological polar surface area (TPSA) is 99.8 Å². The monoisotopic (exact) mass is 426 g/mol. The number of anilines is 1. The van der Waals surface area contributed by atoms with Crippen LogP contribution < -0.4 is 4.90 Å². The van der Waals surface area contributed by atoms with E-state index in [9.17, 15) is 18.0 Å². The van der Waals surface area contributed by atoms with Crippen LogP contribution in [0.25, 0.3) is 0 Å². The number of carbonyl (C=O) groups excluding carboxylic acids is 1. The summed E-state index contributed by atoms with van der Waals surface area (Å²) in [4.78, 5) is 30.3. The Labute approximate surface area is 170 Å². The number of aromatic nitrogens is 2. The molecule has 2 aromatic heterocycles. The van der Waals surface area contributed by atoms with Gasteiger partial charge < -0.3 is 19.4 Å². The van der Waals surface area contributed by atoms with Gasteiger partial charge in [-0.25, -0.2) is 9.78 Å². The Morgan fingerprint density at radius 3 is 2.57 bits per heavy atom. The molecule has 1 fully saturated rings. The molecule has 0 bridgehead atoms. The summed E-state index contributed by atoms with van der Waals surface area (Å²) in [7, 11) is 0. The number of pyridine rings is 1. The van der Waals surface area contributed by atoms with E-state index in [0.717, 1.165) is 30.4 Å². The van der Waals surface area contributed by atoms with Gasteiger partial charge in [0.1, 0.15) is 11.6 Å². The van der Waals surface area contributed by atoms with Crippen LogP contribution in [0.15, 0.2) is 28.9 Å². The summed E-state index contributed by atoms with van der Waals surface area (Å²) in [6.45, 7) is 4.88. The number of carboxylic acids is 1. The van der Waals surface area contributed by atoms with Crippen molar-refractivity contribution < 1.29 is 32.4 Å². The Kier molecular flexibility index (Phi) is 6.28. The normalized spacial score (nSPS) is 16.3. The van der Waals surface area contributed by atoms with Gasteiger partial charge in [-0.15, -0.1) is 0 Å². The summed E-state index contributed by atoms with van der Waals surface area (Å²) in [5, 5.41) is 11.0. The smallest absolute Gasteiger partial charge is 0.475 e. The first-order chi connectivity index (χ1) is 14.1. The first kappa shape index (κ1) is 21.6. The number of halogens is 3. The highest BCUT2D eigenvalue weighted by Crippen LogP contribution is 2.33. The molecule has 0 unspecified atom stereocenters. The molecule has 4 rings (SSSR count). The van der Waals surface area contributed by atoms with Gasteiger partial charge in [-0.2, -0.15) is 13.2 Å². The van der Waals surface area contributed by atoms with Crippen LogP contribution in [0.5, 0.6) is 0 Å². The molecule has 0 spiro atoms. The van der Waals surface area contributed by atoms with Crippen molar-refractivity contribution in [2.75, 3.05) is 24.5 Å². The van der Waals surface area contributed by atoms with E-state index >= 15 is 0 Å². The predicted molar refractivity (Wildman–Crippen MR) is 98.8 cm³/mol. The van der Waals surface area contributed by atoms with E-state index < -0.39 is 12.1 Å². The van der Waals surface area contributed by atoms with E-state index in [1.807, 2.05) is 17.2 Å². The number of hydrogen-bond donors (Lipinski definition) is 1. The lowest BCUT2D eigenvalue weighted by atomic mass is 10.2. The zero-order chi connectivity index (χ0) is 21.9. The van der Waals surface area contributed by atoms with Crippen molar-refractivity contribution in [3.8, 4) is 0 Å². The minimum atomic E-state index is -5.08. The summed E-state index contributed by atoms with van der Waals surface area (Å²) >= 11 is 0. The number of amides is 1. The van der Waals surface area contributed by atoms with Gasteiger partial charge in [0.15, 0.2) is 5.69 Å². The summed E-state index contributed by atoms with van der Waals surface area (Å²) in [5.74, 6) is -0.380. The first-order valence-corrected chi connectivity index (χ1v) is 9.36. The Hall–Kier alpha value is -3.11. The maximum absolute atomic E-state index is 12.7. The molecular weight excluding hydrogens is 405 g/mol. The molecule has 0 aromatic carbocycles. The minimum absolute atomic E-state index is 0.0788. The van der Waals surface area contributed by atoms with Crippen molar-refractivity contribution >= 4 is 17.7 Å². The van der Waals surface area contributed by atoms with Crippen molar-refractivity contribution in [1.82, 2.24) is 15.0 Å². The fourth-order valence-corrected chi connectivity index (χ4v) is 3.06. The summed E-state index contributed by atoms with van der Waals surface area (Å²) in [5.41, 5.74) is 1.47. The molecule has 0 radical (unpaired) electrons. The summed E-state index contributed by atoms with van der Waals surface area (Å²) < 4.78 is 36.8. The summed E-state index contributed by atoms with van der Waals surface area (Å²) in [6.07, 6.45) is -0.643. The van der Waals surface area contributed by atoms with Gasteiger partial charge in [0.25, 0.3) is 5.91 Å². The standard InChI is InChI=1S/C17H20N4O2.C2HF3O2/c1-12-9-15(19-23-12)17(22)21-8-7-20(10-13-4-5-13)16-14(11-21)3-2-6-18-16;3-2(4,5)1(6)7/h2-3,6,9,13H,4-5,7-8,10-11H2,1H3;(H,6,7). The van der Waals surface area contributed by atoms with E-state index in [0.29, 0.717) is 24.5 Å². The third kappa shape index (κ3) is 5.49. The lowest BCUT2D eigenvalue weighted by Gasteiger charge is -2.23. The quantitative estimate of drug-likeness (QED) is 0.806. The van der Waals surface area contributed by atoms with E-state index in [2.05, 4.69) is 21.1 Å². The number of carbonyl (C=O) groups is 2. The molecule has 1 amide bonds. The lowest BCUT2D eigenvalue weighted by molar-refractivity contribution is -0.192. The molecule has 2 aromatic rings. The van der Waals surface area contributed by atoms with E-state index in [-0.39, 0.29) is 5.91 Å². The molecule has 11 heteroatoms. The number of nitrogens with zero attached hydrogens (tertiary/aromatic N) is 4. The van der Waals surface area contributed by atoms with Crippen molar-refractivity contribution in [2.45, 2.75) is 32.5 Å². The van der Waals surface area contributed by atoms with Crippen LogP contribution in [0.3, 0.4) is 0 Å². The minimum Gasteiger partial charge on any atom is -0.475 e. The molecule has 8 nitrogen and oxygen atoms in total. The number of aryl methyl sites for hydroxylation is 1. The van der Waals surface area contributed by atoms with Gasteiger partial charge in [-0.1, -0.05) is 11.2 Å². The van der Waals surface area contributed by atoms with Crippen LogP contribution in [0.2, 0.25) is 0 Å². The van der Waals surface area contributed by atoms with Crippen LogP contribution >= 0.6 is 0 Å². The van der Waals surface area contributed by atoms with Crippen molar-refractivity contribution in [1.29, 1.82) is 0 Å². The Balaban J connectivity index is 0.000000318. The first-order valence-electron chi connectivity index (χ1n) is 9.36. The van der Waals surface area contributed by atoms with E-state index in [1.54, 1.807) is 13.0 Å². The maximum Gasteiger partial charge on any atom is 0.490 e. The molecule has 30 heavy (non-hydrogen) atoms. The average Bonchev–Trinajstić information content (AvgIpc) is 3.44. The van der Waals surface area contributed by atoms with Crippen molar-refractivity contribution in [3.63, 3.8) is 0 Å². The Morgan fingerprint density at radius 1 is 1.30 bits per heavy atom. The van der Waals surface area contributed by atoms with Gasteiger partial charge >= 0.3 is 12.1 Å². The lowest BCUT2D eigenvalue weighted by Crippen LogP contribution is -2.36. The van der Waals surface area contributed by atoms with Crippen molar-refractivity contribution in [2.24, 2.45) is 5.92 Å². The highest BCUT2D eigenvalue weighted by molar-refractivity contribution is 5.92. The van der Waals surface area contributed by atoms with Crippen LogP contribution in [-0.4, -0.2) is 57.8 Å². The molecule has 3 heterocycles. The van der Waals surface area contributed by atoms with Crippen molar-refractivity contribution in [3.05, 3.63) is 41.4 Å². The molecule has 162 valence electrons. The second-order valence-electron chi connectivity index (χ2n) is 7.23. The van der Waals surface area contributed by atoms with Crippen LogP contribution in [-0.2, 0) is 11.3 Å². The van der Waals surface area contributed by atoms with Gasteiger partial charge in [0.05, 0.1) is 0 Å². The fraction of sp³-hybridized carbons (Fsp3) is 0.474. The molecule has 0 atom stereocenters. The molecule has 0 saturated heterocycles. The SMILES string of the molecule is Cc1cc(C(=O)N2CCN(CC3CC3)c3ncccc3C2)no1.O=C(O)C(F)(F)F. The highest BCUT2D eigenvalue weighted by Gasteiger charge is 2.38. The van der Waals surface area contributed by atoms with Gasteiger partial charge in [0, 0.05) is 44.0 Å². The third-order valence-electron chi connectivity index (χ3n) is 4.72. The number of fused-ring (bicyclic) bond motifs is 1. The molecular formula is C19H21F3N4O4. The molecule has 1 aliphatic carbocycles. The van der Waals surface area contributed by atoms with Gasteiger partial charge in [-0.05, 0) is 31.7 Å². The second kappa shape index (κ2) is 8.72. The fourth-order valence-electron chi connectivity index (χ4n) is 3.06. The van der Waals surface area contributed by atoms with Crippen LogP contribution in [0.1, 0.15) is 34.7 Å². The van der Waals surface area contributed by atoms with Crippen LogP contribution in [0, 0.1) is 12.8 Å². The number of hydrogen-bond acceptors (Lipinski definition) is 6. The van der Waals surface area contributed by atoms with Gasteiger partial charge in [0.2, 0.25) is 0 Å². The second-order valence-corrected chi connectivity index (χ2v) is 7.23. The van der Waals surface area contributed by atoms with Gasteiger partial charge in [-0.3, -0.25) is 4.79 Å². The van der Waals surface area contributed by atoms with E-state index in [4.69, 9.17) is 14.4 Å². The zero-order valence-corrected chi connectivity index (χ0v) is 16.2. The molecule has 1 aliphatic heterocycles. The largest absolute Gasteiger partial charge is 0.490 e. The number of rotatable bonds is 3. The maximum atomic E-state index is 12.7. The number of alkyl halides is 3. The van der Waals surface area contributed by atoms with E-state index in [1.165, 1.54) is 12.8 Å². The van der Waals surface area contributed by atoms with Crippen LogP contribution in [0.4, 0.5) is 19.0 Å². The zero-order valence-electron chi connectivity index (χ0n) is 16.2. The average molecular weight is 426 g/mol.